The maximum atomic E-state index is 12.7. The van der Waals surface area contributed by atoms with Crippen molar-refractivity contribution in [3.63, 3.8) is 0 Å². The van der Waals surface area contributed by atoms with Crippen LogP contribution in [0.1, 0.15) is 12.0 Å². The molecule has 1 amide bonds. The van der Waals surface area contributed by atoms with Crippen LogP contribution >= 0.6 is 23.1 Å². The number of hydrogen-bond acceptors (Lipinski definition) is 6. The Balaban J connectivity index is 1.66. The predicted octanol–water partition coefficient (Wildman–Crippen LogP) is 2.06. The molecule has 3 N–H and O–H groups in total. The molecule has 0 saturated heterocycles. The number of hydrogen-bond donors (Lipinski definition) is 2. The van der Waals surface area contributed by atoms with Gasteiger partial charge in [0, 0.05) is 18.7 Å². The molecule has 0 atom stereocenters. The molecule has 1 heterocycles. The number of aromatic nitrogens is 2. The second kappa shape index (κ2) is 7.20. The van der Waals surface area contributed by atoms with E-state index in [-0.39, 0.29) is 11.7 Å². The summed E-state index contributed by atoms with van der Waals surface area (Å²) in [7, 11) is 0. The number of rotatable bonds is 6. The summed E-state index contributed by atoms with van der Waals surface area (Å²) >= 11 is 2.75. The first-order valence-electron chi connectivity index (χ1n) is 5.86. The summed E-state index contributed by atoms with van der Waals surface area (Å²) < 4.78 is 13.5. The smallest absolute Gasteiger partial charge is 0.221 e. The molecule has 0 aliphatic heterocycles. The fraction of sp³-hybridized carbons (Fsp3) is 0.250. The molecule has 1 aromatic heterocycles. The van der Waals surface area contributed by atoms with Crippen molar-refractivity contribution < 1.29 is 9.18 Å². The third-order valence-electron chi connectivity index (χ3n) is 2.38. The van der Waals surface area contributed by atoms with E-state index in [0.717, 1.165) is 9.90 Å². The van der Waals surface area contributed by atoms with Gasteiger partial charge in [-0.05, 0) is 17.7 Å². The van der Waals surface area contributed by atoms with E-state index >= 15 is 0 Å². The first-order chi connectivity index (χ1) is 9.63. The van der Waals surface area contributed by atoms with Gasteiger partial charge in [0.15, 0.2) is 4.34 Å². The molecule has 0 aliphatic rings. The molecule has 5 nitrogen and oxygen atoms in total. The van der Waals surface area contributed by atoms with Crippen LogP contribution in [0.25, 0.3) is 0 Å². The van der Waals surface area contributed by atoms with Crippen LogP contribution in [-0.4, -0.2) is 21.9 Å². The Morgan fingerprint density at radius 1 is 1.35 bits per heavy atom. The molecule has 106 valence electrons. The topological polar surface area (TPSA) is 80.9 Å². The second-order valence-electron chi connectivity index (χ2n) is 3.91. The molecule has 0 spiro atoms. The predicted molar refractivity (Wildman–Crippen MR) is 77.9 cm³/mol. The van der Waals surface area contributed by atoms with Gasteiger partial charge in [0.25, 0.3) is 0 Å². The molecule has 2 aromatic rings. The summed E-state index contributed by atoms with van der Waals surface area (Å²) in [4.78, 5) is 11.6. The standard InChI is InChI=1S/C12H13FN4OS2/c13-9-3-1-8(2-4-9)7-15-10(18)5-6-19-12-17-16-11(14)20-12/h1-4H,5-7H2,(H2,14,16)(H,15,18). The fourth-order valence-corrected chi connectivity index (χ4v) is 3.05. The van der Waals surface area contributed by atoms with E-state index in [1.165, 1.54) is 35.2 Å². The number of nitrogen functional groups attached to an aromatic ring is 1. The minimum Gasteiger partial charge on any atom is -0.374 e. The lowest BCUT2D eigenvalue weighted by atomic mass is 10.2. The average molecular weight is 312 g/mol. The number of halogens is 1. The Bertz CT molecular complexity index is 573. The highest BCUT2D eigenvalue weighted by molar-refractivity contribution is 8.01. The van der Waals surface area contributed by atoms with Gasteiger partial charge >= 0.3 is 0 Å². The van der Waals surface area contributed by atoms with E-state index in [1.54, 1.807) is 12.1 Å². The van der Waals surface area contributed by atoms with Crippen LogP contribution in [0, 0.1) is 5.82 Å². The Kier molecular flexibility index (Phi) is 5.31. The number of thioether (sulfide) groups is 1. The molecule has 2 rings (SSSR count). The molecule has 0 unspecified atom stereocenters. The molecule has 20 heavy (non-hydrogen) atoms. The number of nitrogens with one attached hydrogen (secondary N) is 1. The van der Waals surface area contributed by atoms with Crippen molar-refractivity contribution in [3.05, 3.63) is 35.6 Å². The van der Waals surface area contributed by atoms with Crippen molar-refractivity contribution in [3.8, 4) is 0 Å². The van der Waals surface area contributed by atoms with Crippen molar-refractivity contribution in [1.29, 1.82) is 0 Å². The quantitative estimate of drug-likeness (QED) is 0.798. The molecule has 1 aromatic carbocycles. The van der Waals surface area contributed by atoms with E-state index < -0.39 is 0 Å². The Morgan fingerprint density at radius 2 is 2.10 bits per heavy atom. The van der Waals surface area contributed by atoms with Crippen LogP contribution in [0.15, 0.2) is 28.6 Å². The lowest BCUT2D eigenvalue weighted by Gasteiger charge is -2.04. The third-order valence-corrected chi connectivity index (χ3v) is 4.27. The van der Waals surface area contributed by atoms with E-state index in [9.17, 15) is 9.18 Å². The van der Waals surface area contributed by atoms with E-state index in [2.05, 4.69) is 15.5 Å². The third kappa shape index (κ3) is 4.78. The number of amides is 1. The van der Waals surface area contributed by atoms with Gasteiger partial charge in [0.05, 0.1) is 0 Å². The Hall–Kier alpha value is -1.67. The van der Waals surface area contributed by atoms with Gasteiger partial charge in [-0.3, -0.25) is 4.79 Å². The Labute approximate surface area is 123 Å². The van der Waals surface area contributed by atoms with Crippen LogP contribution in [0.3, 0.4) is 0 Å². The maximum absolute atomic E-state index is 12.7. The summed E-state index contributed by atoms with van der Waals surface area (Å²) in [6.07, 6.45) is 0.380. The van der Waals surface area contributed by atoms with Crippen molar-refractivity contribution in [2.75, 3.05) is 11.5 Å². The highest BCUT2D eigenvalue weighted by atomic mass is 32.2. The van der Waals surface area contributed by atoms with Crippen molar-refractivity contribution >= 4 is 34.1 Å². The Morgan fingerprint density at radius 3 is 2.75 bits per heavy atom. The van der Waals surface area contributed by atoms with Crippen LogP contribution in [0.2, 0.25) is 0 Å². The number of benzene rings is 1. The summed E-state index contributed by atoms with van der Waals surface area (Å²) in [5.41, 5.74) is 6.32. The van der Waals surface area contributed by atoms with Gasteiger partial charge in [-0.2, -0.15) is 0 Å². The lowest BCUT2D eigenvalue weighted by Crippen LogP contribution is -2.22. The summed E-state index contributed by atoms with van der Waals surface area (Å²) in [6.45, 7) is 0.398. The summed E-state index contributed by atoms with van der Waals surface area (Å²) in [5.74, 6) is 0.274. The number of nitrogens with two attached hydrogens (primary N) is 1. The normalized spacial score (nSPS) is 10.4. The van der Waals surface area contributed by atoms with Crippen molar-refractivity contribution in [2.45, 2.75) is 17.3 Å². The van der Waals surface area contributed by atoms with Gasteiger partial charge in [0.2, 0.25) is 11.0 Å². The number of nitrogens with zero attached hydrogens (tertiary/aromatic N) is 2. The highest BCUT2D eigenvalue weighted by Gasteiger charge is 2.05. The molecule has 8 heteroatoms. The molecule has 0 radical (unpaired) electrons. The first-order valence-corrected chi connectivity index (χ1v) is 7.66. The largest absolute Gasteiger partial charge is 0.374 e. The summed E-state index contributed by atoms with van der Waals surface area (Å²) in [5, 5.41) is 10.7. The van der Waals surface area contributed by atoms with Crippen LogP contribution < -0.4 is 11.1 Å². The zero-order chi connectivity index (χ0) is 14.4. The summed E-state index contributed by atoms with van der Waals surface area (Å²) in [6, 6.07) is 6.04. The zero-order valence-corrected chi connectivity index (χ0v) is 12.1. The van der Waals surface area contributed by atoms with Crippen molar-refractivity contribution in [2.24, 2.45) is 0 Å². The van der Waals surface area contributed by atoms with Gasteiger partial charge in [-0.15, -0.1) is 10.2 Å². The molecular weight excluding hydrogens is 299 g/mol. The molecular formula is C12H13FN4OS2. The monoisotopic (exact) mass is 312 g/mol. The molecule has 0 aliphatic carbocycles. The zero-order valence-electron chi connectivity index (χ0n) is 10.5. The van der Waals surface area contributed by atoms with Gasteiger partial charge < -0.3 is 11.1 Å². The van der Waals surface area contributed by atoms with E-state index in [0.29, 0.717) is 23.8 Å². The van der Waals surface area contributed by atoms with E-state index in [4.69, 9.17) is 5.73 Å². The maximum Gasteiger partial charge on any atom is 0.221 e. The minimum absolute atomic E-state index is 0.0562. The number of anilines is 1. The first kappa shape index (κ1) is 14.7. The van der Waals surface area contributed by atoms with Crippen LogP contribution in [-0.2, 0) is 11.3 Å². The number of carbonyl (C=O) groups is 1. The van der Waals surface area contributed by atoms with Crippen molar-refractivity contribution in [1.82, 2.24) is 15.5 Å². The lowest BCUT2D eigenvalue weighted by molar-refractivity contribution is -0.120. The fourth-order valence-electron chi connectivity index (χ4n) is 1.40. The second-order valence-corrected chi connectivity index (χ2v) is 6.26. The minimum atomic E-state index is -0.284. The number of carbonyl (C=O) groups excluding carboxylic acids is 1. The van der Waals surface area contributed by atoms with Crippen LogP contribution in [0.5, 0.6) is 0 Å². The van der Waals surface area contributed by atoms with Crippen LogP contribution in [0.4, 0.5) is 9.52 Å². The molecule has 0 fully saturated rings. The van der Waals surface area contributed by atoms with Gasteiger partial charge in [0.1, 0.15) is 5.82 Å². The average Bonchev–Trinajstić information content (AvgIpc) is 2.84. The molecule has 0 bridgehead atoms. The highest BCUT2D eigenvalue weighted by Crippen LogP contribution is 2.23. The van der Waals surface area contributed by atoms with Gasteiger partial charge in [-0.1, -0.05) is 35.2 Å². The van der Waals surface area contributed by atoms with Gasteiger partial charge in [-0.25, -0.2) is 4.39 Å². The van der Waals surface area contributed by atoms with E-state index in [1.807, 2.05) is 0 Å². The molecule has 0 saturated carbocycles. The SMILES string of the molecule is Nc1nnc(SCCC(=O)NCc2ccc(F)cc2)s1.